The second-order valence-corrected chi connectivity index (χ2v) is 6.10. The number of rotatable bonds is 6. The Morgan fingerprint density at radius 2 is 1.87 bits per heavy atom. The van der Waals surface area contributed by atoms with E-state index in [0.29, 0.717) is 36.1 Å². The Morgan fingerprint density at radius 1 is 1.13 bits per heavy atom. The Morgan fingerprint density at radius 3 is 2.61 bits per heavy atom. The van der Waals surface area contributed by atoms with Crippen molar-refractivity contribution in [3.05, 3.63) is 41.7 Å². The molecule has 0 saturated carbocycles. The number of amides is 2. The number of benzene rings is 1. The lowest BCUT2D eigenvalue weighted by molar-refractivity contribution is -0.137. The monoisotopic (exact) mass is 328 g/mol. The first kappa shape index (κ1) is 15.5. The topological polar surface area (TPSA) is 79.0 Å². The number of hydrogen-bond donors (Lipinski definition) is 1. The predicted molar refractivity (Wildman–Crippen MR) is 88.4 cm³/mol. The van der Waals surface area contributed by atoms with Crippen molar-refractivity contribution >= 4 is 35.7 Å². The summed E-state index contributed by atoms with van der Waals surface area (Å²) in [5, 5.41) is 7.58. The van der Waals surface area contributed by atoms with E-state index in [4.69, 9.17) is 0 Å². The molecular formula is C16H16N4O2S. The van der Waals surface area contributed by atoms with Crippen molar-refractivity contribution in [3.8, 4) is 0 Å². The summed E-state index contributed by atoms with van der Waals surface area (Å²) in [7, 11) is 0. The van der Waals surface area contributed by atoms with Gasteiger partial charge in [-0.3, -0.25) is 19.6 Å². The number of imide groups is 1. The first-order chi connectivity index (χ1) is 11.2. The first-order valence-electron chi connectivity index (χ1n) is 7.34. The summed E-state index contributed by atoms with van der Waals surface area (Å²) >= 11 is 1.42. The van der Waals surface area contributed by atoms with Crippen molar-refractivity contribution in [1.29, 1.82) is 0 Å². The third kappa shape index (κ3) is 4.07. The zero-order valence-corrected chi connectivity index (χ0v) is 13.3. The van der Waals surface area contributed by atoms with Crippen LogP contribution in [0.15, 0.2) is 35.5 Å². The normalized spacial score (nSPS) is 15.0. The fourth-order valence-corrected chi connectivity index (χ4v) is 2.97. The van der Waals surface area contributed by atoms with Crippen molar-refractivity contribution in [2.24, 2.45) is 0 Å². The lowest BCUT2D eigenvalue weighted by Crippen LogP contribution is -2.31. The minimum Gasteiger partial charge on any atom is -0.282 e. The predicted octanol–water partition coefficient (Wildman–Crippen LogP) is 2.22. The van der Waals surface area contributed by atoms with Crippen LogP contribution in [-0.2, 0) is 9.59 Å². The lowest BCUT2D eigenvalue weighted by Gasteiger charge is -2.11. The van der Waals surface area contributed by atoms with Gasteiger partial charge in [-0.1, -0.05) is 48.2 Å². The Hall–Kier alpha value is -2.41. The van der Waals surface area contributed by atoms with Crippen molar-refractivity contribution in [2.75, 3.05) is 12.3 Å². The minimum atomic E-state index is -0.0860. The maximum absolute atomic E-state index is 11.5. The fraction of sp³-hybridized carbons (Fsp3) is 0.250. The van der Waals surface area contributed by atoms with Crippen LogP contribution in [0.1, 0.15) is 24.2 Å². The van der Waals surface area contributed by atoms with Crippen LogP contribution in [0.2, 0.25) is 0 Å². The van der Waals surface area contributed by atoms with Crippen LogP contribution in [-0.4, -0.2) is 44.2 Å². The fourth-order valence-electron chi connectivity index (χ4n) is 2.24. The van der Waals surface area contributed by atoms with Gasteiger partial charge in [0.25, 0.3) is 0 Å². The van der Waals surface area contributed by atoms with Crippen molar-refractivity contribution in [1.82, 2.24) is 20.1 Å². The number of carbonyl (C=O) groups excluding carboxylic acids is 2. The number of hydrogen-bond acceptors (Lipinski definition) is 5. The molecule has 2 aromatic rings. The number of aromatic nitrogens is 3. The molecule has 1 N–H and O–H groups in total. The molecule has 7 heteroatoms. The van der Waals surface area contributed by atoms with Crippen molar-refractivity contribution < 1.29 is 9.59 Å². The molecule has 6 nitrogen and oxygen atoms in total. The van der Waals surface area contributed by atoms with Crippen LogP contribution in [0.4, 0.5) is 0 Å². The Bertz CT molecular complexity index is 711. The van der Waals surface area contributed by atoms with Crippen molar-refractivity contribution in [3.63, 3.8) is 0 Å². The third-order valence-electron chi connectivity index (χ3n) is 3.42. The summed E-state index contributed by atoms with van der Waals surface area (Å²) in [6, 6.07) is 9.93. The molecule has 1 aliphatic rings. The molecule has 0 atom stereocenters. The average Bonchev–Trinajstić information content (AvgIpc) is 3.15. The van der Waals surface area contributed by atoms with Gasteiger partial charge in [-0.2, -0.15) is 0 Å². The van der Waals surface area contributed by atoms with Gasteiger partial charge < -0.3 is 0 Å². The Labute approximate surface area is 138 Å². The highest BCUT2D eigenvalue weighted by molar-refractivity contribution is 7.99. The van der Waals surface area contributed by atoms with Gasteiger partial charge in [0.1, 0.15) is 5.82 Å². The highest BCUT2D eigenvalue weighted by Crippen LogP contribution is 2.16. The number of thioether (sulfide) groups is 1. The molecule has 1 fully saturated rings. The molecule has 23 heavy (non-hydrogen) atoms. The van der Waals surface area contributed by atoms with Gasteiger partial charge in [0.2, 0.25) is 17.0 Å². The molecule has 2 amide bonds. The molecule has 0 radical (unpaired) electrons. The van der Waals surface area contributed by atoms with Crippen LogP contribution in [0.25, 0.3) is 12.2 Å². The van der Waals surface area contributed by atoms with E-state index in [2.05, 4.69) is 15.2 Å². The van der Waals surface area contributed by atoms with E-state index in [-0.39, 0.29) is 11.8 Å². The first-order valence-corrected chi connectivity index (χ1v) is 8.32. The molecule has 1 aliphatic heterocycles. The van der Waals surface area contributed by atoms with Gasteiger partial charge >= 0.3 is 0 Å². The van der Waals surface area contributed by atoms with E-state index in [0.717, 1.165) is 5.56 Å². The van der Waals surface area contributed by atoms with Gasteiger partial charge in [-0.25, -0.2) is 4.98 Å². The highest BCUT2D eigenvalue weighted by atomic mass is 32.2. The SMILES string of the molecule is O=C1CCC(=O)N1CCSc1n[nH]c(/C=C/c2ccccc2)n1. The van der Waals surface area contributed by atoms with E-state index in [1.807, 2.05) is 42.5 Å². The molecule has 3 rings (SSSR count). The van der Waals surface area contributed by atoms with Gasteiger partial charge in [-0.05, 0) is 11.6 Å². The number of nitrogens with one attached hydrogen (secondary N) is 1. The highest BCUT2D eigenvalue weighted by Gasteiger charge is 2.28. The molecule has 1 aromatic carbocycles. The summed E-state index contributed by atoms with van der Waals surface area (Å²) in [4.78, 5) is 28.7. The summed E-state index contributed by atoms with van der Waals surface area (Å²) in [5.74, 6) is 1.09. The van der Waals surface area contributed by atoms with E-state index in [1.54, 1.807) is 0 Å². The van der Waals surface area contributed by atoms with Gasteiger partial charge in [0.05, 0.1) is 0 Å². The Kier molecular flexibility index (Phi) is 4.87. The minimum absolute atomic E-state index is 0.0860. The summed E-state index contributed by atoms with van der Waals surface area (Å²) < 4.78 is 0. The number of carbonyl (C=O) groups is 2. The maximum atomic E-state index is 11.5. The quantitative estimate of drug-likeness (QED) is 0.650. The molecule has 0 spiro atoms. The zero-order chi connectivity index (χ0) is 16.1. The molecular weight excluding hydrogens is 312 g/mol. The van der Waals surface area contributed by atoms with Crippen LogP contribution < -0.4 is 0 Å². The van der Waals surface area contributed by atoms with Crippen LogP contribution >= 0.6 is 11.8 Å². The van der Waals surface area contributed by atoms with E-state index in [1.165, 1.54) is 16.7 Å². The van der Waals surface area contributed by atoms with Gasteiger partial charge in [0, 0.05) is 25.1 Å². The standard InChI is InChI=1S/C16H16N4O2S/c21-14-8-9-15(22)20(14)10-11-23-16-17-13(18-19-16)7-6-12-4-2-1-3-5-12/h1-7H,8-11H2,(H,17,18,19)/b7-6+. The van der Waals surface area contributed by atoms with E-state index in [9.17, 15) is 9.59 Å². The van der Waals surface area contributed by atoms with Crippen LogP contribution in [0.3, 0.4) is 0 Å². The van der Waals surface area contributed by atoms with E-state index < -0.39 is 0 Å². The van der Waals surface area contributed by atoms with Gasteiger partial charge in [0.15, 0.2) is 0 Å². The van der Waals surface area contributed by atoms with Crippen LogP contribution in [0, 0.1) is 0 Å². The lowest BCUT2D eigenvalue weighted by atomic mass is 10.2. The zero-order valence-electron chi connectivity index (χ0n) is 12.4. The van der Waals surface area contributed by atoms with Gasteiger partial charge in [-0.15, -0.1) is 5.10 Å². The molecule has 1 aromatic heterocycles. The second kappa shape index (κ2) is 7.23. The second-order valence-electron chi connectivity index (χ2n) is 5.03. The van der Waals surface area contributed by atoms with E-state index >= 15 is 0 Å². The number of H-pyrrole nitrogens is 1. The number of aromatic amines is 1. The Balaban J connectivity index is 1.50. The smallest absolute Gasteiger partial charge is 0.229 e. The molecule has 0 aliphatic carbocycles. The molecule has 0 bridgehead atoms. The van der Waals surface area contributed by atoms with Crippen LogP contribution in [0.5, 0.6) is 0 Å². The summed E-state index contributed by atoms with van der Waals surface area (Å²) in [6.45, 7) is 0.409. The number of nitrogens with zero attached hydrogens (tertiary/aromatic N) is 3. The molecule has 2 heterocycles. The largest absolute Gasteiger partial charge is 0.282 e. The number of likely N-dealkylation sites (tertiary alicyclic amines) is 1. The molecule has 118 valence electrons. The summed E-state index contributed by atoms with van der Waals surface area (Å²) in [5.41, 5.74) is 1.09. The molecule has 0 unspecified atom stereocenters. The third-order valence-corrected chi connectivity index (χ3v) is 4.24. The maximum Gasteiger partial charge on any atom is 0.229 e. The summed E-state index contributed by atoms with van der Waals surface area (Å²) in [6.07, 6.45) is 4.48. The van der Waals surface area contributed by atoms with Crippen molar-refractivity contribution in [2.45, 2.75) is 18.0 Å². The molecule has 1 saturated heterocycles. The average molecular weight is 328 g/mol.